The number of carbonyl (C=O) groups is 3. The summed E-state index contributed by atoms with van der Waals surface area (Å²) in [7, 11) is 1.12. The van der Waals surface area contributed by atoms with Crippen LogP contribution < -0.4 is 5.32 Å². The molecule has 1 fully saturated rings. The van der Waals surface area contributed by atoms with Gasteiger partial charge in [0, 0.05) is 18.2 Å². The van der Waals surface area contributed by atoms with Crippen LogP contribution >= 0.6 is 0 Å². The molecule has 0 radical (unpaired) electrons. The van der Waals surface area contributed by atoms with Gasteiger partial charge in [-0.3, -0.25) is 14.9 Å². The fourth-order valence-corrected chi connectivity index (χ4v) is 3.44. The second-order valence-corrected chi connectivity index (χ2v) is 7.45. The van der Waals surface area contributed by atoms with Crippen molar-refractivity contribution in [3.63, 3.8) is 0 Å². The number of nitro groups is 1. The third kappa shape index (κ3) is 5.52. The number of nitro benzene ring substituents is 1. The van der Waals surface area contributed by atoms with Crippen molar-refractivity contribution >= 4 is 23.5 Å². The average Bonchev–Trinajstić information content (AvgIpc) is 2.70. The number of hydrogen-bond donors (Lipinski definition) is 1. The first-order valence-electron chi connectivity index (χ1n) is 9.53. The van der Waals surface area contributed by atoms with Crippen molar-refractivity contribution in [1.82, 2.24) is 5.32 Å². The second-order valence-electron chi connectivity index (χ2n) is 7.45. The zero-order valence-corrected chi connectivity index (χ0v) is 17.0. The molecule has 0 bridgehead atoms. The van der Waals surface area contributed by atoms with Crippen LogP contribution in [0.25, 0.3) is 0 Å². The average molecular weight is 406 g/mol. The predicted molar refractivity (Wildman–Crippen MR) is 103 cm³/mol. The zero-order chi connectivity index (χ0) is 21.7. The largest absolute Gasteiger partial charge is 0.465 e. The molecule has 0 aromatic heterocycles. The predicted octanol–water partition coefficient (Wildman–Crippen LogP) is 2.87. The molecule has 1 saturated carbocycles. The second kappa shape index (κ2) is 9.49. The van der Waals surface area contributed by atoms with Crippen LogP contribution in [0, 0.1) is 22.0 Å². The third-order valence-corrected chi connectivity index (χ3v) is 5.47. The lowest BCUT2D eigenvalue weighted by atomic mass is 9.78. The number of ether oxygens (including phenoxy) is 2. The molecular formula is C20H26N2O7. The quantitative estimate of drug-likeness (QED) is 0.437. The molecule has 1 aliphatic rings. The van der Waals surface area contributed by atoms with E-state index in [1.807, 2.05) is 0 Å². The summed E-state index contributed by atoms with van der Waals surface area (Å²) < 4.78 is 9.73. The number of esters is 2. The number of amides is 1. The minimum Gasteiger partial charge on any atom is -0.465 e. The molecule has 4 atom stereocenters. The summed E-state index contributed by atoms with van der Waals surface area (Å²) in [5.74, 6) is -1.38. The summed E-state index contributed by atoms with van der Waals surface area (Å²) in [6.07, 6.45) is 1.92. The fourth-order valence-electron chi connectivity index (χ4n) is 3.44. The van der Waals surface area contributed by atoms with Crippen molar-refractivity contribution in [3.8, 4) is 0 Å². The van der Waals surface area contributed by atoms with Crippen molar-refractivity contribution in [2.24, 2.45) is 11.8 Å². The summed E-state index contributed by atoms with van der Waals surface area (Å²) in [5.41, 5.74) is -0.823. The molecular weight excluding hydrogens is 380 g/mol. The number of rotatable bonds is 6. The molecule has 0 saturated heterocycles. The van der Waals surface area contributed by atoms with E-state index in [2.05, 4.69) is 23.9 Å². The summed E-state index contributed by atoms with van der Waals surface area (Å²) >= 11 is 0. The van der Waals surface area contributed by atoms with E-state index in [1.165, 1.54) is 6.92 Å². The first-order valence-corrected chi connectivity index (χ1v) is 9.53. The topological polar surface area (TPSA) is 125 Å². The van der Waals surface area contributed by atoms with Crippen LogP contribution in [0.5, 0.6) is 0 Å². The Morgan fingerprint density at radius 3 is 2.34 bits per heavy atom. The lowest BCUT2D eigenvalue weighted by molar-refractivity contribution is -0.384. The van der Waals surface area contributed by atoms with E-state index in [0.717, 1.165) is 44.6 Å². The first-order chi connectivity index (χ1) is 13.6. The molecule has 0 unspecified atom stereocenters. The summed E-state index contributed by atoms with van der Waals surface area (Å²) in [6.45, 7) is 5.67. The first kappa shape index (κ1) is 22.3. The van der Waals surface area contributed by atoms with Crippen molar-refractivity contribution in [2.45, 2.75) is 52.2 Å². The number of nitrogens with one attached hydrogen (secondary N) is 1. The van der Waals surface area contributed by atoms with Gasteiger partial charge in [-0.15, -0.1) is 0 Å². The highest BCUT2D eigenvalue weighted by Crippen LogP contribution is 2.29. The highest BCUT2D eigenvalue weighted by Gasteiger charge is 2.30. The lowest BCUT2D eigenvalue weighted by Gasteiger charge is -2.35. The molecule has 1 N–H and O–H groups in total. The molecule has 0 heterocycles. The molecule has 1 aromatic carbocycles. The van der Waals surface area contributed by atoms with E-state index in [9.17, 15) is 24.5 Å². The van der Waals surface area contributed by atoms with Gasteiger partial charge in [0.2, 0.25) is 0 Å². The maximum absolute atomic E-state index is 12.5. The number of benzene rings is 1. The molecule has 0 spiro atoms. The van der Waals surface area contributed by atoms with Gasteiger partial charge in [0.15, 0.2) is 6.10 Å². The zero-order valence-electron chi connectivity index (χ0n) is 17.0. The number of carbonyl (C=O) groups excluding carboxylic acids is 3. The Hall–Kier alpha value is -2.97. The van der Waals surface area contributed by atoms with E-state index >= 15 is 0 Å². The number of nitrogens with zero attached hydrogens (tertiary/aromatic N) is 1. The highest BCUT2D eigenvalue weighted by atomic mass is 16.6. The Balaban J connectivity index is 2.10. The molecule has 29 heavy (non-hydrogen) atoms. The van der Waals surface area contributed by atoms with Crippen LogP contribution in [0.2, 0.25) is 0 Å². The molecule has 1 amide bonds. The van der Waals surface area contributed by atoms with Crippen LogP contribution in [-0.4, -0.2) is 42.0 Å². The van der Waals surface area contributed by atoms with E-state index < -0.39 is 34.6 Å². The Morgan fingerprint density at radius 1 is 1.14 bits per heavy atom. The maximum Gasteiger partial charge on any atom is 0.339 e. The maximum atomic E-state index is 12.5. The van der Waals surface area contributed by atoms with Crippen LogP contribution in [0.3, 0.4) is 0 Å². The van der Waals surface area contributed by atoms with E-state index in [-0.39, 0.29) is 17.2 Å². The van der Waals surface area contributed by atoms with E-state index in [1.54, 1.807) is 0 Å². The monoisotopic (exact) mass is 406 g/mol. The standard InChI is InChI=1S/C20H26N2O7/c1-11-6-5-7-17(12(11)2)21-18(23)13(3)29-20(25)15-8-14(19(24)28-4)9-16(10-15)22(26)27/h8-13,17H,5-7H2,1-4H3,(H,21,23)/t11-,12+,13-,17-/m1/s1. The Morgan fingerprint density at radius 2 is 1.76 bits per heavy atom. The van der Waals surface area contributed by atoms with Gasteiger partial charge in [0.25, 0.3) is 11.6 Å². The van der Waals surface area contributed by atoms with Crippen molar-refractivity contribution in [1.29, 1.82) is 0 Å². The van der Waals surface area contributed by atoms with Crippen LogP contribution in [-0.2, 0) is 14.3 Å². The summed E-state index contributed by atoms with van der Waals surface area (Å²) in [4.78, 5) is 47.0. The Kier molecular flexibility index (Phi) is 7.30. The smallest absolute Gasteiger partial charge is 0.339 e. The van der Waals surface area contributed by atoms with Gasteiger partial charge in [-0.1, -0.05) is 26.7 Å². The van der Waals surface area contributed by atoms with Gasteiger partial charge < -0.3 is 14.8 Å². The molecule has 2 rings (SSSR count). The number of methoxy groups -OCH3 is 1. The molecule has 0 aliphatic heterocycles. The SMILES string of the molecule is COC(=O)c1cc(C(=O)O[C@H](C)C(=O)N[C@@H]2CCC[C@@H](C)[C@@H]2C)cc([N+](=O)[O-])c1. The molecule has 1 aliphatic carbocycles. The normalized spacial score (nSPS) is 22.3. The minimum absolute atomic E-state index is 0.0103. The van der Waals surface area contributed by atoms with E-state index in [4.69, 9.17) is 4.74 Å². The molecule has 9 heteroatoms. The van der Waals surface area contributed by atoms with Crippen LogP contribution in [0.1, 0.15) is 60.7 Å². The van der Waals surface area contributed by atoms with Gasteiger partial charge in [0.1, 0.15) is 0 Å². The van der Waals surface area contributed by atoms with Gasteiger partial charge in [-0.25, -0.2) is 9.59 Å². The van der Waals surface area contributed by atoms with Crippen molar-refractivity contribution < 1.29 is 28.8 Å². The summed E-state index contributed by atoms with van der Waals surface area (Å²) in [5, 5.41) is 14.0. The number of hydrogen-bond acceptors (Lipinski definition) is 7. The minimum atomic E-state index is -1.09. The van der Waals surface area contributed by atoms with Gasteiger partial charge >= 0.3 is 11.9 Å². The third-order valence-electron chi connectivity index (χ3n) is 5.47. The van der Waals surface area contributed by atoms with Gasteiger partial charge in [0.05, 0.1) is 23.2 Å². The van der Waals surface area contributed by atoms with Gasteiger partial charge in [-0.2, -0.15) is 0 Å². The van der Waals surface area contributed by atoms with Crippen LogP contribution in [0.15, 0.2) is 18.2 Å². The fraction of sp³-hybridized carbons (Fsp3) is 0.550. The van der Waals surface area contributed by atoms with E-state index in [0.29, 0.717) is 11.8 Å². The Bertz CT molecular complexity index is 808. The van der Waals surface area contributed by atoms with Crippen molar-refractivity contribution in [3.05, 3.63) is 39.4 Å². The summed E-state index contributed by atoms with van der Waals surface area (Å²) in [6, 6.07) is 3.14. The van der Waals surface area contributed by atoms with Crippen LogP contribution in [0.4, 0.5) is 5.69 Å². The molecule has 1 aromatic rings. The van der Waals surface area contributed by atoms with Gasteiger partial charge in [-0.05, 0) is 31.2 Å². The molecule has 9 nitrogen and oxygen atoms in total. The Labute approximate surface area is 168 Å². The molecule has 158 valence electrons. The number of non-ortho nitro benzene ring substituents is 1. The highest BCUT2D eigenvalue weighted by molar-refractivity contribution is 5.97. The lowest BCUT2D eigenvalue weighted by Crippen LogP contribution is -2.47. The van der Waals surface area contributed by atoms with Crippen molar-refractivity contribution in [2.75, 3.05) is 7.11 Å².